The molecule has 0 aliphatic carbocycles. The summed E-state index contributed by atoms with van der Waals surface area (Å²) in [7, 11) is 1.63. The quantitative estimate of drug-likeness (QED) is 0.354. The topological polar surface area (TPSA) is 140 Å². The number of methoxy groups -OCH3 is 1. The van der Waals surface area contributed by atoms with Crippen LogP contribution in [0.15, 0.2) is 35.1 Å². The first-order valence-corrected chi connectivity index (χ1v) is 10.9. The van der Waals surface area contributed by atoms with Crippen molar-refractivity contribution in [2.75, 3.05) is 37.1 Å². The normalized spacial score (nSPS) is 15.3. The van der Waals surface area contributed by atoms with Crippen molar-refractivity contribution in [3.8, 4) is 17.3 Å². The third-order valence-corrected chi connectivity index (χ3v) is 5.45. The van der Waals surface area contributed by atoms with E-state index in [1.54, 1.807) is 25.6 Å². The summed E-state index contributed by atoms with van der Waals surface area (Å²) in [4.78, 5) is 20.0. The second kappa shape index (κ2) is 9.43. The lowest BCUT2D eigenvalue weighted by molar-refractivity contribution is 0.143. The van der Waals surface area contributed by atoms with Gasteiger partial charge < -0.3 is 24.2 Å². The first kappa shape index (κ1) is 21.8. The number of nitrogens with zero attached hydrogens (tertiary/aromatic N) is 7. The summed E-state index contributed by atoms with van der Waals surface area (Å²) < 4.78 is 16.5. The molecule has 0 radical (unpaired) electrons. The summed E-state index contributed by atoms with van der Waals surface area (Å²) in [6.07, 6.45) is 4.18. The van der Waals surface area contributed by atoms with Crippen LogP contribution in [-0.4, -0.2) is 62.2 Å². The van der Waals surface area contributed by atoms with Crippen molar-refractivity contribution in [1.82, 2.24) is 35.3 Å². The van der Waals surface area contributed by atoms with Crippen molar-refractivity contribution in [2.24, 2.45) is 0 Å². The second-order valence-electron chi connectivity index (χ2n) is 7.90. The zero-order chi connectivity index (χ0) is 23.5. The van der Waals surface area contributed by atoms with Crippen LogP contribution in [-0.2, 0) is 4.74 Å². The molecule has 0 aromatic carbocycles. The van der Waals surface area contributed by atoms with E-state index in [2.05, 4.69) is 40.5 Å². The average molecular weight is 464 g/mol. The van der Waals surface area contributed by atoms with Crippen LogP contribution >= 0.6 is 0 Å². The van der Waals surface area contributed by atoms with Gasteiger partial charge in [-0.2, -0.15) is 15.1 Å². The van der Waals surface area contributed by atoms with Crippen molar-refractivity contribution >= 4 is 17.6 Å². The standard InChI is InChI=1S/C22H25N9O3/c1-13-10-19(29-28-13)25-18-12-20(33-9-8-32-3)27-22(26-18)31-7-4-16(31)17-11-15(30-34-17)21-14(2)23-5-6-24-21/h5-6,10-12,16H,4,7-9H2,1-3H3,(H2,25,26,27,28,29). The molecule has 1 saturated heterocycles. The molecule has 1 atom stereocenters. The Labute approximate surface area is 195 Å². The molecule has 12 nitrogen and oxygen atoms in total. The molecule has 34 heavy (non-hydrogen) atoms. The van der Waals surface area contributed by atoms with Gasteiger partial charge in [-0.05, 0) is 20.3 Å². The molecule has 1 aliphatic heterocycles. The summed E-state index contributed by atoms with van der Waals surface area (Å²) in [5.74, 6) is 2.91. The first-order chi connectivity index (χ1) is 16.6. The molecular weight excluding hydrogens is 438 g/mol. The van der Waals surface area contributed by atoms with Crippen molar-refractivity contribution in [2.45, 2.75) is 26.3 Å². The third-order valence-electron chi connectivity index (χ3n) is 5.45. The monoisotopic (exact) mass is 463 g/mol. The van der Waals surface area contributed by atoms with E-state index in [1.807, 2.05) is 26.0 Å². The highest BCUT2D eigenvalue weighted by Crippen LogP contribution is 2.38. The van der Waals surface area contributed by atoms with Gasteiger partial charge in [0, 0.05) is 49.9 Å². The fraction of sp³-hybridized carbons (Fsp3) is 0.364. The Morgan fingerprint density at radius 2 is 2.00 bits per heavy atom. The highest BCUT2D eigenvalue weighted by molar-refractivity contribution is 5.58. The van der Waals surface area contributed by atoms with Gasteiger partial charge >= 0.3 is 0 Å². The number of ether oxygens (including phenoxy) is 2. The van der Waals surface area contributed by atoms with Crippen molar-refractivity contribution < 1.29 is 14.0 Å². The molecule has 12 heteroatoms. The minimum Gasteiger partial charge on any atom is -0.475 e. The highest BCUT2D eigenvalue weighted by Gasteiger charge is 2.35. The predicted molar refractivity (Wildman–Crippen MR) is 123 cm³/mol. The third kappa shape index (κ3) is 4.53. The maximum atomic E-state index is 5.78. The molecule has 0 spiro atoms. The highest BCUT2D eigenvalue weighted by atomic mass is 16.5. The number of hydrogen-bond donors (Lipinski definition) is 2. The van der Waals surface area contributed by atoms with Crippen LogP contribution in [0.5, 0.6) is 5.88 Å². The van der Waals surface area contributed by atoms with Gasteiger partial charge in [-0.3, -0.25) is 15.1 Å². The van der Waals surface area contributed by atoms with Gasteiger partial charge in [0.25, 0.3) is 0 Å². The van der Waals surface area contributed by atoms with E-state index in [9.17, 15) is 0 Å². The van der Waals surface area contributed by atoms with Crippen molar-refractivity contribution in [3.63, 3.8) is 0 Å². The molecule has 1 unspecified atom stereocenters. The molecule has 1 aliphatic rings. The van der Waals surface area contributed by atoms with Gasteiger partial charge in [0.1, 0.15) is 23.8 Å². The summed E-state index contributed by atoms with van der Waals surface area (Å²) in [5, 5.41) is 14.5. The lowest BCUT2D eigenvalue weighted by atomic mass is 10.0. The number of nitrogens with one attached hydrogen (secondary N) is 2. The largest absolute Gasteiger partial charge is 0.475 e. The number of H-pyrrole nitrogens is 1. The average Bonchev–Trinajstić information content (AvgIpc) is 3.42. The van der Waals surface area contributed by atoms with Crippen molar-refractivity contribution in [3.05, 3.63) is 47.7 Å². The van der Waals surface area contributed by atoms with Crippen LogP contribution in [0, 0.1) is 13.8 Å². The molecule has 4 aromatic heterocycles. The van der Waals surface area contributed by atoms with Crippen LogP contribution in [0.4, 0.5) is 17.6 Å². The fourth-order valence-corrected chi connectivity index (χ4v) is 3.66. The van der Waals surface area contributed by atoms with E-state index in [-0.39, 0.29) is 6.04 Å². The Hall–Kier alpha value is -4.06. The maximum Gasteiger partial charge on any atom is 0.231 e. The second-order valence-corrected chi connectivity index (χ2v) is 7.90. The summed E-state index contributed by atoms with van der Waals surface area (Å²) in [6.45, 7) is 5.43. The molecule has 5 rings (SSSR count). The minimum absolute atomic E-state index is 0.0482. The Morgan fingerprint density at radius 3 is 2.74 bits per heavy atom. The number of aryl methyl sites for hydroxylation is 2. The minimum atomic E-state index is -0.0482. The lowest BCUT2D eigenvalue weighted by Crippen LogP contribution is -2.42. The molecule has 0 saturated carbocycles. The van der Waals surface area contributed by atoms with Crippen molar-refractivity contribution in [1.29, 1.82) is 0 Å². The molecule has 2 N–H and O–H groups in total. The van der Waals surface area contributed by atoms with Gasteiger partial charge in [-0.15, -0.1) is 0 Å². The summed E-state index contributed by atoms with van der Waals surface area (Å²) in [6, 6.07) is 5.48. The van der Waals surface area contributed by atoms with Crippen LogP contribution < -0.4 is 15.0 Å². The van der Waals surface area contributed by atoms with E-state index >= 15 is 0 Å². The van der Waals surface area contributed by atoms with E-state index in [1.165, 1.54) is 0 Å². The Balaban J connectivity index is 1.40. The number of aromatic amines is 1. The van der Waals surface area contributed by atoms with Crippen LogP contribution in [0.3, 0.4) is 0 Å². The summed E-state index contributed by atoms with van der Waals surface area (Å²) >= 11 is 0. The van der Waals surface area contributed by atoms with Gasteiger partial charge in [0.05, 0.1) is 18.3 Å². The van der Waals surface area contributed by atoms with Gasteiger partial charge in [-0.25, -0.2) is 0 Å². The van der Waals surface area contributed by atoms with E-state index in [0.29, 0.717) is 48.1 Å². The molecule has 0 bridgehead atoms. The summed E-state index contributed by atoms with van der Waals surface area (Å²) in [5.41, 5.74) is 3.09. The van der Waals surface area contributed by atoms with E-state index in [4.69, 9.17) is 19.0 Å². The molecule has 176 valence electrons. The lowest BCUT2D eigenvalue weighted by Gasteiger charge is -2.39. The number of rotatable bonds is 9. The van der Waals surface area contributed by atoms with Crippen LogP contribution in [0.2, 0.25) is 0 Å². The smallest absolute Gasteiger partial charge is 0.231 e. The van der Waals surface area contributed by atoms with E-state index < -0.39 is 0 Å². The first-order valence-electron chi connectivity index (χ1n) is 10.9. The number of hydrogen-bond acceptors (Lipinski definition) is 11. The molecule has 0 amide bonds. The van der Waals surface area contributed by atoms with Gasteiger partial charge in [0.15, 0.2) is 11.6 Å². The van der Waals surface area contributed by atoms with Crippen LogP contribution in [0.1, 0.15) is 29.6 Å². The SMILES string of the molecule is COCCOc1cc(Nc2cc(C)[nH]n2)nc(N2CCC2c2cc(-c3nccnc3C)no2)n1. The van der Waals surface area contributed by atoms with E-state index in [0.717, 1.165) is 30.1 Å². The van der Waals surface area contributed by atoms with Gasteiger partial charge in [-0.1, -0.05) is 5.16 Å². The molecular formula is C22H25N9O3. The predicted octanol–water partition coefficient (Wildman–Crippen LogP) is 2.98. The fourth-order valence-electron chi connectivity index (χ4n) is 3.66. The maximum absolute atomic E-state index is 5.78. The number of anilines is 3. The Bertz CT molecular complexity index is 1270. The molecule has 4 aromatic rings. The molecule has 5 heterocycles. The molecule has 1 fully saturated rings. The number of aromatic nitrogens is 7. The van der Waals surface area contributed by atoms with Crippen LogP contribution in [0.25, 0.3) is 11.4 Å². The zero-order valence-corrected chi connectivity index (χ0v) is 19.1. The van der Waals surface area contributed by atoms with Gasteiger partial charge in [0.2, 0.25) is 11.8 Å². The Morgan fingerprint density at radius 1 is 1.12 bits per heavy atom. The zero-order valence-electron chi connectivity index (χ0n) is 19.1. The Kier molecular flexibility index (Phi) is 6.04.